The van der Waals surface area contributed by atoms with Crippen molar-refractivity contribution < 1.29 is 9.59 Å². The highest BCUT2D eigenvalue weighted by molar-refractivity contribution is 6.30. The first-order valence-electron chi connectivity index (χ1n) is 7.14. The van der Waals surface area contributed by atoms with Gasteiger partial charge in [0.25, 0.3) is 0 Å². The Bertz CT molecular complexity index is 578. The molecule has 0 aromatic carbocycles. The van der Waals surface area contributed by atoms with Crippen LogP contribution in [0.25, 0.3) is 0 Å². The molecule has 2 rings (SSSR count). The predicted octanol–water partition coefficient (Wildman–Crippen LogP) is 1.40. The molecule has 0 atom stereocenters. The van der Waals surface area contributed by atoms with Crippen molar-refractivity contribution in [1.29, 1.82) is 0 Å². The molecule has 0 saturated carbocycles. The van der Waals surface area contributed by atoms with Crippen molar-refractivity contribution in [1.82, 2.24) is 20.0 Å². The monoisotopic (exact) mass is 312 g/mol. The largest absolute Gasteiger partial charge is 0.345 e. The second kappa shape index (κ2) is 5.67. The Morgan fingerprint density at radius 2 is 1.95 bits per heavy atom. The summed E-state index contributed by atoms with van der Waals surface area (Å²) in [5.74, 6) is -0.178. The Hall–Kier alpha value is -1.56. The van der Waals surface area contributed by atoms with E-state index in [1.54, 1.807) is 16.6 Å². The van der Waals surface area contributed by atoms with E-state index < -0.39 is 5.54 Å². The lowest BCUT2D eigenvalue weighted by Crippen LogP contribution is -2.66. The summed E-state index contributed by atoms with van der Waals surface area (Å²) in [6, 6.07) is 0. The fourth-order valence-electron chi connectivity index (χ4n) is 2.98. The zero-order chi connectivity index (χ0) is 15.8. The van der Waals surface area contributed by atoms with Gasteiger partial charge in [-0.2, -0.15) is 5.10 Å². The van der Waals surface area contributed by atoms with Crippen molar-refractivity contribution in [3.05, 3.63) is 16.4 Å². The van der Waals surface area contributed by atoms with Crippen LogP contribution in [0.1, 0.15) is 37.9 Å². The maximum atomic E-state index is 12.3. The first-order chi connectivity index (χ1) is 9.87. The summed E-state index contributed by atoms with van der Waals surface area (Å²) < 4.78 is 1.58. The highest BCUT2D eigenvalue weighted by Gasteiger charge is 2.47. The van der Waals surface area contributed by atoms with E-state index in [-0.39, 0.29) is 18.4 Å². The standard InChI is InChI=1S/C14H21ClN4O2/c1-5-14(6-2)13(21)16-7-11(20)19(14)8-10-9(3)17-18(4)12(10)15/h5-8H2,1-4H3,(H,16,21). The lowest BCUT2D eigenvalue weighted by molar-refractivity contribution is -0.155. The third kappa shape index (κ3) is 2.41. The van der Waals surface area contributed by atoms with Crippen LogP contribution in [-0.2, 0) is 23.2 Å². The number of hydrogen-bond donors (Lipinski definition) is 1. The second-order valence-corrected chi connectivity index (χ2v) is 5.74. The Kier molecular flexibility index (Phi) is 4.27. The summed E-state index contributed by atoms with van der Waals surface area (Å²) in [5, 5.41) is 7.46. The minimum absolute atomic E-state index is 0.0392. The smallest absolute Gasteiger partial charge is 0.246 e. The molecule has 1 saturated heterocycles. The number of nitrogens with zero attached hydrogens (tertiary/aromatic N) is 3. The summed E-state index contributed by atoms with van der Waals surface area (Å²) in [6.07, 6.45) is 1.13. The Morgan fingerprint density at radius 1 is 1.33 bits per heavy atom. The van der Waals surface area contributed by atoms with Crippen LogP contribution < -0.4 is 5.32 Å². The second-order valence-electron chi connectivity index (χ2n) is 5.38. The van der Waals surface area contributed by atoms with Crippen molar-refractivity contribution in [2.24, 2.45) is 7.05 Å². The third-order valence-electron chi connectivity index (χ3n) is 4.40. The van der Waals surface area contributed by atoms with Crippen molar-refractivity contribution in [2.75, 3.05) is 6.54 Å². The molecule has 116 valence electrons. The molecule has 1 N–H and O–H groups in total. The van der Waals surface area contributed by atoms with Gasteiger partial charge in [-0.3, -0.25) is 14.3 Å². The molecule has 1 aromatic rings. The summed E-state index contributed by atoms with van der Waals surface area (Å²) in [5.41, 5.74) is 0.775. The van der Waals surface area contributed by atoms with Crippen LogP contribution >= 0.6 is 11.6 Å². The van der Waals surface area contributed by atoms with Gasteiger partial charge in [0.05, 0.1) is 18.8 Å². The highest BCUT2D eigenvalue weighted by atomic mass is 35.5. The maximum Gasteiger partial charge on any atom is 0.246 e. The molecule has 1 fully saturated rings. The van der Waals surface area contributed by atoms with E-state index in [0.717, 1.165) is 11.3 Å². The summed E-state index contributed by atoms with van der Waals surface area (Å²) >= 11 is 6.26. The first kappa shape index (κ1) is 15.8. The lowest BCUT2D eigenvalue weighted by atomic mass is 9.87. The van der Waals surface area contributed by atoms with Gasteiger partial charge in [0.1, 0.15) is 10.7 Å². The molecule has 0 aliphatic carbocycles. The van der Waals surface area contributed by atoms with E-state index in [0.29, 0.717) is 24.5 Å². The third-order valence-corrected chi connectivity index (χ3v) is 4.87. The average molecular weight is 313 g/mol. The van der Waals surface area contributed by atoms with E-state index in [4.69, 9.17) is 11.6 Å². The van der Waals surface area contributed by atoms with E-state index in [2.05, 4.69) is 10.4 Å². The van der Waals surface area contributed by atoms with Crippen LogP contribution in [0.3, 0.4) is 0 Å². The molecule has 1 aliphatic heterocycles. The number of hydrogen-bond acceptors (Lipinski definition) is 3. The van der Waals surface area contributed by atoms with Crippen LogP contribution in [0.5, 0.6) is 0 Å². The fourth-order valence-corrected chi connectivity index (χ4v) is 3.22. The minimum Gasteiger partial charge on any atom is -0.345 e. The van der Waals surface area contributed by atoms with Gasteiger partial charge >= 0.3 is 0 Å². The van der Waals surface area contributed by atoms with Gasteiger partial charge in [0.2, 0.25) is 11.8 Å². The molecular weight excluding hydrogens is 292 g/mol. The SMILES string of the molecule is CCC1(CC)C(=O)NCC(=O)N1Cc1c(C)nn(C)c1Cl. The van der Waals surface area contributed by atoms with E-state index in [1.165, 1.54) is 0 Å². The van der Waals surface area contributed by atoms with Crippen molar-refractivity contribution in [2.45, 2.75) is 45.7 Å². The molecular formula is C14H21ClN4O2. The molecule has 2 heterocycles. The van der Waals surface area contributed by atoms with E-state index in [1.807, 2.05) is 20.8 Å². The highest BCUT2D eigenvalue weighted by Crippen LogP contribution is 2.31. The van der Waals surface area contributed by atoms with E-state index >= 15 is 0 Å². The number of rotatable bonds is 4. The molecule has 6 nitrogen and oxygen atoms in total. The molecule has 0 spiro atoms. The number of piperazine rings is 1. The quantitative estimate of drug-likeness (QED) is 0.914. The van der Waals surface area contributed by atoms with Crippen LogP contribution in [0, 0.1) is 6.92 Å². The molecule has 21 heavy (non-hydrogen) atoms. The van der Waals surface area contributed by atoms with Gasteiger partial charge in [-0.05, 0) is 19.8 Å². The molecule has 7 heteroatoms. The van der Waals surface area contributed by atoms with Crippen LogP contribution in [0.2, 0.25) is 5.15 Å². The van der Waals surface area contributed by atoms with E-state index in [9.17, 15) is 9.59 Å². The first-order valence-corrected chi connectivity index (χ1v) is 7.52. The Balaban J connectivity index is 2.42. The number of halogens is 1. The predicted molar refractivity (Wildman–Crippen MR) is 79.8 cm³/mol. The minimum atomic E-state index is -0.805. The molecule has 0 bridgehead atoms. The fraction of sp³-hybridized carbons (Fsp3) is 0.643. The van der Waals surface area contributed by atoms with Crippen LogP contribution in [-0.4, -0.2) is 38.6 Å². The maximum absolute atomic E-state index is 12.3. The number of carbonyl (C=O) groups is 2. The Morgan fingerprint density at radius 3 is 2.43 bits per heavy atom. The van der Waals surface area contributed by atoms with Crippen molar-refractivity contribution >= 4 is 23.4 Å². The number of aryl methyl sites for hydroxylation is 2. The summed E-state index contributed by atoms with van der Waals surface area (Å²) in [4.78, 5) is 26.3. The van der Waals surface area contributed by atoms with Crippen LogP contribution in [0.4, 0.5) is 0 Å². The molecule has 2 amide bonds. The van der Waals surface area contributed by atoms with Crippen LogP contribution in [0.15, 0.2) is 0 Å². The molecule has 1 aromatic heterocycles. The van der Waals surface area contributed by atoms with Gasteiger partial charge < -0.3 is 10.2 Å². The summed E-state index contributed by atoms with van der Waals surface area (Å²) in [6.45, 7) is 6.05. The number of carbonyl (C=O) groups excluding carboxylic acids is 2. The van der Waals surface area contributed by atoms with Gasteiger partial charge in [-0.1, -0.05) is 25.4 Å². The molecule has 0 radical (unpaired) electrons. The zero-order valence-corrected chi connectivity index (χ0v) is 13.6. The normalized spacial score (nSPS) is 18.0. The molecule has 0 unspecified atom stereocenters. The molecule has 1 aliphatic rings. The Labute approximate surface area is 129 Å². The van der Waals surface area contributed by atoms with Gasteiger partial charge in [0, 0.05) is 12.6 Å². The number of nitrogens with one attached hydrogen (secondary N) is 1. The lowest BCUT2D eigenvalue weighted by Gasteiger charge is -2.45. The summed E-state index contributed by atoms with van der Waals surface area (Å²) in [7, 11) is 1.76. The van der Waals surface area contributed by atoms with Gasteiger partial charge in [-0.15, -0.1) is 0 Å². The van der Waals surface area contributed by atoms with Crippen molar-refractivity contribution in [3.8, 4) is 0 Å². The number of aromatic nitrogens is 2. The average Bonchev–Trinajstić information content (AvgIpc) is 2.70. The van der Waals surface area contributed by atoms with Gasteiger partial charge in [-0.25, -0.2) is 0 Å². The zero-order valence-electron chi connectivity index (χ0n) is 12.9. The number of amides is 2. The topological polar surface area (TPSA) is 67.2 Å². The van der Waals surface area contributed by atoms with Crippen molar-refractivity contribution in [3.63, 3.8) is 0 Å². The van der Waals surface area contributed by atoms with Gasteiger partial charge in [0.15, 0.2) is 0 Å².